The lowest BCUT2D eigenvalue weighted by Gasteiger charge is -1.73. The van der Waals surface area contributed by atoms with Crippen LogP contribution in [0.3, 0.4) is 0 Å². The monoisotopic (exact) mass is 133 g/mol. The molecule has 0 saturated heterocycles. The summed E-state index contributed by atoms with van der Waals surface area (Å²) in [5, 5.41) is 7.64. The van der Waals surface area contributed by atoms with E-state index in [0.29, 0.717) is 0 Å². The summed E-state index contributed by atoms with van der Waals surface area (Å²) in [5.41, 5.74) is 4.85. The van der Waals surface area contributed by atoms with Crippen LogP contribution < -0.4 is 5.73 Å². The van der Waals surface area contributed by atoms with Gasteiger partial charge in [-0.2, -0.15) is 0 Å². The summed E-state index contributed by atoms with van der Waals surface area (Å²) in [6.07, 6.45) is 0. The predicted molar refractivity (Wildman–Crippen MR) is 33.0 cm³/mol. The van der Waals surface area contributed by atoms with Crippen LogP contribution in [0.15, 0.2) is 0 Å². The van der Waals surface area contributed by atoms with E-state index in [2.05, 4.69) is 0 Å². The van der Waals surface area contributed by atoms with Gasteiger partial charge in [0.1, 0.15) is 0 Å². The molecule has 0 aromatic carbocycles. The highest BCUT2D eigenvalue weighted by Gasteiger charge is 1.98. The fraction of sp³-hybridized carbons (Fsp3) is 0.600. The quantitative estimate of drug-likeness (QED) is 0.478. The minimum Gasteiger partial charge on any atom is -0.476 e. The first-order valence-corrected chi connectivity index (χ1v) is 2.50. The Balaban J connectivity index is 0. The molecule has 0 aliphatic carbocycles. The first-order valence-electron chi connectivity index (χ1n) is 2.50. The van der Waals surface area contributed by atoms with E-state index in [4.69, 9.17) is 10.8 Å². The maximum atomic E-state index is 9.54. The number of rotatable bonds is 1. The molecule has 0 fully saturated rings. The molecular weight excluding hydrogens is 122 g/mol. The van der Waals surface area contributed by atoms with Crippen molar-refractivity contribution in [1.82, 2.24) is 0 Å². The molecule has 0 bridgehead atoms. The molecule has 0 saturated carbocycles. The van der Waals surface area contributed by atoms with Gasteiger partial charge in [0, 0.05) is 6.92 Å². The molecule has 9 heavy (non-hydrogen) atoms. The Labute approximate surface area is 53.7 Å². The molecule has 0 aliphatic heterocycles. The van der Waals surface area contributed by atoms with E-state index >= 15 is 0 Å². The van der Waals surface area contributed by atoms with Gasteiger partial charge in [0.25, 0.3) is 0 Å². The Morgan fingerprint density at radius 2 is 1.67 bits per heavy atom. The molecular formula is C5H11NO3. The molecule has 0 heterocycles. The number of carbonyl (C=O) groups is 2. The van der Waals surface area contributed by atoms with Crippen LogP contribution in [0.2, 0.25) is 0 Å². The van der Waals surface area contributed by atoms with Gasteiger partial charge in [-0.25, -0.2) is 4.79 Å². The van der Waals surface area contributed by atoms with Crippen molar-refractivity contribution in [3.8, 4) is 0 Å². The Kier molecular flexibility index (Phi) is 8.66. The number of nitrogens with two attached hydrogens (primary N) is 1. The Bertz CT molecular complexity index is 88.4. The number of carbonyl (C=O) groups excluding carboxylic acids is 1. The van der Waals surface area contributed by atoms with Crippen LogP contribution in [0.1, 0.15) is 13.8 Å². The van der Waals surface area contributed by atoms with E-state index < -0.39 is 11.8 Å². The van der Waals surface area contributed by atoms with Crippen molar-refractivity contribution >= 4 is 11.8 Å². The molecule has 3 N–H and O–H groups in total. The van der Waals surface area contributed by atoms with E-state index in [0.717, 1.165) is 13.5 Å². The van der Waals surface area contributed by atoms with Crippen molar-refractivity contribution < 1.29 is 14.7 Å². The van der Waals surface area contributed by atoms with Crippen LogP contribution in [0.25, 0.3) is 0 Å². The molecule has 0 spiro atoms. The highest BCUT2D eigenvalue weighted by Crippen LogP contribution is 1.61. The van der Waals surface area contributed by atoms with Crippen molar-refractivity contribution in [2.45, 2.75) is 13.8 Å². The molecule has 0 rings (SSSR count). The zero-order valence-electron chi connectivity index (χ0n) is 5.55. The molecule has 4 nitrogen and oxygen atoms in total. The first-order chi connectivity index (χ1) is 4.06. The Morgan fingerprint density at radius 1 is 1.56 bits per heavy atom. The van der Waals surface area contributed by atoms with Crippen molar-refractivity contribution in [2.75, 3.05) is 6.54 Å². The number of Topliss-reactive ketones (excluding diaryl/α,β-unsaturated/α-hetero) is 1. The summed E-state index contributed by atoms with van der Waals surface area (Å²) < 4.78 is 0. The average Bonchev–Trinajstić information content (AvgIpc) is 1.68. The largest absolute Gasteiger partial charge is 0.476 e. The van der Waals surface area contributed by atoms with Crippen molar-refractivity contribution in [1.29, 1.82) is 0 Å². The van der Waals surface area contributed by atoms with Gasteiger partial charge in [-0.05, 0) is 6.54 Å². The predicted octanol–water partition coefficient (Wildman–Crippen LogP) is -0.375. The third-order valence-electron chi connectivity index (χ3n) is 0.301. The molecule has 54 valence electrons. The second kappa shape index (κ2) is 7.10. The van der Waals surface area contributed by atoms with Gasteiger partial charge in [-0.15, -0.1) is 0 Å². The standard InChI is InChI=1S/C3H4O3.C2H7N/c1-2(4)3(5)6;1-2-3/h1H3,(H,5,6);2-3H2,1H3. The zero-order chi connectivity index (χ0) is 7.86. The Hall–Kier alpha value is -0.900. The fourth-order valence-corrected chi connectivity index (χ4v) is 0. The number of ketones is 1. The first kappa shape index (κ1) is 11.0. The van der Waals surface area contributed by atoms with E-state index in [9.17, 15) is 9.59 Å². The average molecular weight is 133 g/mol. The summed E-state index contributed by atoms with van der Waals surface area (Å²) in [5.74, 6) is -2.20. The van der Waals surface area contributed by atoms with E-state index in [1.165, 1.54) is 0 Å². The lowest BCUT2D eigenvalue weighted by Crippen LogP contribution is -2.05. The van der Waals surface area contributed by atoms with Gasteiger partial charge in [0.2, 0.25) is 5.78 Å². The molecule has 0 unspecified atom stereocenters. The van der Waals surface area contributed by atoms with Crippen LogP contribution in [-0.2, 0) is 9.59 Å². The fourth-order valence-electron chi connectivity index (χ4n) is 0. The lowest BCUT2D eigenvalue weighted by molar-refractivity contribution is -0.148. The summed E-state index contributed by atoms with van der Waals surface area (Å²) in [4.78, 5) is 18.9. The van der Waals surface area contributed by atoms with Crippen molar-refractivity contribution in [3.05, 3.63) is 0 Å². The molecule has 0 aliphatic rings. The third-order valence-corrected chi connectivity index (χ3v) is 0.301. The van der Waals surface area contributed by atoms with Gasteiger partial charge in [0.05, 0.1) is 0 Å². The van der Waals surface area contributed by atoms with Crippen molar-refractivity contribution in [2.24, 2.45) is 5.73 Å². The third kappa shape index (κ3) is 19.2. The molecule has 0 aromatic rings. The van der Waals surface area contributed by atoms with Crippen LogP contribution in [-0.4, -0.2) is 23.4 Å². The molecule has 0 amide bonds. The topological polar surface area (TPSA) is 80.4 Å². The summed E-state index contributed by atoms with van der Waals surface area (Å²) in [7, 11) is 0. The van der Waals surface area contributed by atoms with E-state index in [1.807, 2.05) is 6.92 Å². The second-order valence-corrected chi connectivity index (χ2v) is 1.27. The normalized spacial score (nSPS) is 7.00. The minimum atomic E-state index is -1.38. The number of aliphatic carboxylic acids is 1. The maximum Gasteiger partial charge on any atom is 0.371 e. The number of hydrogen-bond donors (Lipinski definition) is 2. The lowest BCUT2D eigenvalue weighted by atomic mass is 10.5. The van der Waals surface area contributed by atoms with E-state index in [1.54, 1.807) is 0 Å². The summed E-state index contributed by atoms with van der Waals surface area (Å²) in [6.45, 7) is 3.66. The van der Waals surface area contributed by atoms with Gasteiger partial charge >= 0.3 is 5.97 Å². The second-order valence-electron chi connectivity index (χ2n) is 1.27. The highest BCUT2D eigenvalue weighted by atomic mass is 16.4. The van der Waals surface area contributed by atoms with Gasteiger partial charge < -0.3 is 10.8 Å². The van der Waals surface area contributed by atoms with Crippen LogP contribution in [0.5, 0.6) is 0 Å². The summed E-state index contributed by atoms with van der Waals surface area (Å²) in [6, 6.07) is 0. The number of hydrogen-bond acceptors (Lipinski definition) is 3. The van der Waals surface area contributed by atoms with Crippen LogP contribution in [0, 0.1) is 0 Å². The van der Waals surface area contributed by atoms with E-state index in [-0.39, 0.29) is 0 Å². The van der Waals surface area contributed by atoms with Crippen molar-refractivity contribution in [3.63, 3.8) is 0 Å². The molecule has 0 radical (unpaired) electrons. The summed E-state index contributed by atoms with van der Waals surface area (Å²) >= 11 is 0. The Morgan fingerprint density at radius 3 is 1.67 bits per heavy atom. The SMILES string of the molecule is CC(=O)C(=O)O.CCN. The molecule has 0 aromatic heterocycles. The van der Waals surface area contributed by atoms with Gasteiger partial charge in [-0.3, -0.25) is 4.79 Å². The van der Waals surface area contributed by atoms with Crippen LogP contribution >= 0.6 is 0 Å². The molecule has 0 atom stereocenters. The van der Waals surface area contributed by atoms with Crippen LogP contribution in [0.4, 0.5) is 0 Å². The number of carboxylic acids is 1. The minimum absolute atomic E-state index is 0.750. The zero-order valence-corrected chi connectivity index (χ0v) is 5.55. The van der Waals surface area contributed by atoms with Gasteiger partial charge in [0.15, 0.2) is 0 Å². The van der Waals surface area contributed by atoms with Gasteiger partial charge in [-0.1, -0.05) is 6.92 Å². The smallest absolute Gasteiger partial charge is 0.371 e. The number of carboxylic acid groups (broad SMARTS) is 1. The maximum absolute atomic E-state index is 9.54. The molecule has 4 heteroatoms. The highest BCUT2D eigenvalue weighted by molar-refractivity contribution is 6.31.